The molecule has 468 valence electrons. The van der Waals surface area contributed by atoms with Crippen LogP contribution >= 0.6 is 0 Å². The van der Waals surface area contributed by atoms with Gasteiger partial charge in [0.05, 0.1) is 18.8 Å². The quantitative estimate of drug-likeness (QED) is 0.0420. The van der Waals surface area contributed by atoms with E-state index in [2.05, 4.69) is 165 Å². The van der Waals surface area contributed by atoms with Crippen molar-refractivity contribution in [2.45, 2.75) is 334 Å². The van der Waals surface area contributed by atoms with Gasteiger partial charge in [-0.3, -0.25) is 4.79 Å². The van der Waals surface area contributed by atoms with E-state index in [1.54, 1.807) is 0 Å². The zero-order chi connectivity index (χ0) is 59.1. The molecule has 0 aromatic carbocycles. The lowest BCUT2D eigenvalue weighted by Gasteiger charge is -2.22. The number of carbonyl (C=O) groups is 1. The first kappa shape index (κ1) is 78.3. The molecule has 0 rings (SSSR count). The standard InChI is InChI=1S/C78H133NO3/c1-3-5-7-9-11-13-15-17-19-21-23-25-27-29-31-33-35-36-37-38-39-40-41-42-44-46-48-50-52-54-56-58-60-62-64-66-68-70-72-74-78(82)79-76(75-80)77(81)73-71-69-67-65-63-61-59-57-55-53-51-49-47-45-43-34-32-30-28-26-24-22-20-18-16-14-12-10-8-6-4-2/h5,7,11,13,17,19,23,25,29,31,35-36,38-39,41-42,46,48,52,54,58,60,64,66,76-77,80-81H,3-4,6,8-10,12,14-16,18,20-22,24,26-28,30,32-34,37,40,43-45,47,49-51,53,55-57,59,61-63,65,67-75H2,1-2H3,(H,79,82)/b7-5-,13-11-,19-17-,25-23-,31-29-,36-35-,39-38-,42-41-,48-46-,54-52-,60-58-,66-64-. The summed E-state index contributed by atoms with van der Waals surface area (Å²) in [5.74, 6) is -0.0753. The summed E-state index contributed by atoms with van der Waals surface area (Å²) in [5.41, 5.74) is 0. The van der Waals surface area contributed by atoms with Crippen molar-refractivity contribution in [1.82, 2.24) is 5.32 Å². The second-order valence-electron chi connectivity index (χ2n) is 23.2. The molecule has 0 aliphatic carbocycles. The van der Waals surface area contributed by atoms with Gasteiger partial charge in [0.25, 0.3) is 0 Å². The smallest absolute Gasteiger partial charge is 0.220 e. The highest BCUT2D eigenvalue weighted by Crippen LogP contribution is 2.18. The molecule has 4 nitrogen and oxygen atoms in total. The molecule has 0 fully saturated rings. The molecule has 0 saturated carbocycles. The summed E-state index contributed by atoms with van der Waals surface area (Å²) in [7, 11) is 0. The van der Waals surface area contributed by atoms with Gasteiger partial charge in [0.2, 0.25) is 5.91 Å². The molecule has 0 saturated heterocycles. The Morgan fingerprint density at radius 2 is 0.537 bits per heavy atom. The average Bonchev–Trinajstić information content (AvgIpc) is 3.50. The number of unbranched alkanes of at least 4 members (excludes halogenated alkanes) is 32. The lowest BCUT2D eigenvalue weighted by Crippen LogP contribution is -2.45. The molecule has 0 radical (unpaired) electrons. The van der Waals surface area contributed by atoms with Crippen LogP contribution in [0.4, 0.5) is 0 Å². The summed E-state index contributed by atoms with van der Waals surface area (Å²) >= 11 is 0. The zero-order valence-electron chi connectivity index (χ0n) is 54.0. The minimum atomic E-state index is -0.691. The van der Waals surface area contributed by atoms with E-state index in [9.17, 15) is 15.0 Å². The SMILES string of the molecule is CC/C=C\C/C=C\C/C=C\C/C=C\C/C=C\C/C=C\C/C=C\C/C=C\C/C=C\C/C=C\C/C=C\C/C=C\CCCCC(=O)NC(CO)C(O)CCCCCCCCCCCCCCCCCCCCCCCCCCCCCCCCC. The fourth-order valence-electron chi connectivity index (χ4n) is 10.1. The van der Waals surface area contributed by atoms with E-state index in [4.69, 9.17) is 0 Å². The summed E-state index contributed by atoms with van der Waals surface area (Å²) in [5, 5.41) is 23.4. The monoisotopic (exact) mass is 1130 g/mol. The molecular weight excluding hydrogens is 999 g/mol. The minimum absolute atomic E-state index is 0.0753. The van der Waals surface area contributed by atoms with Crippen LogP contribution in [0.25, 0.3) is 0 Å². The number of aliphatic hydroxyl groups excluding tert-OH is 2. The molecule has 0 aliphatic heterocycles. The van der Waals surface area contributed by atoms with Crippen molar-refractivity contribution in [2.75, 3.05) is 6.61 Å². The van der Waals surface area contributed by atoms with E-state index in [0.29, 0.717) is 12.8 Å². The second kappa shape index (κ2) is 71.5. The first-order valence-corrected chi connectivity index (χ1v) is 35.0. The van der Waals surface area contributed by atoms with Gasteiger partial charge >= 0.3 is 0 Å². The molecule has 0 heterocycles. The molecule has 1 amide bonds. The zero-order valence-corrected chi connectivity index (χ0v) is 54.0. The number of aliphatic hydroxyl groups is 2. The number of allylic oxidation sites excluding steroid dienone is 24. The van der Waals surface area contributed by atoms with Crippen LogP contribution in [-0.4, -0.2) is 34.9 Å². The number of amides is 1. The fourth-order valence-corrected chi connectivity index (χ4v) is 10.1. The Bertz CT molecular complexity index is 1670. The molecule has 0 aliphatic rings. The summed E-state index contributed by atoms with van der Waals surface area (Å²) in [4.78, 5) is 12.5. The van der Waals surface area contributed by atoms with E-state index >= 15 is 0 Å². The van der Waals surface area contributed by atoms with Crippen molar-refractivity contribution in [3.05, 3.63) is 146 Å². The molecule has 2 atom stereocenters. The highest BCUT2D eigenvalue weighted by molar-refractivity contribution is 5.76. The molecule has 3 N–H and O–H groups in total. The van der Waals surface area contributed by atoms with Crippen molar-refractivity contribution >= 4 is 5.91 Å². The number of carbonyl (C=O) groups excluding carboxylic acids is 1. The van der Waals surface area contributed by atoms with Gasteiger partial charge in [0.15, 0.2) is 0 Å². The second-order valence-corrected chi connectivity index (χ2v) is 23.2. The van der Waals surface area contributed by atoms with Crippen LogP contribution in [0.3, 0.4) is 0 Å². The highest BCUT2D eigenvalue weighted by Gasteiger charge is 2.20. The number of rotatable bonds is 63. The largest absolute Gasteiger partial charge is 0.394 e. The molecular formula is C78H133NO3. The van der Waals surface area contributed by atoms with Gasteiger partial charge in [-0.25, -0.2) is 0 Å². The van der Waals surface area contributed by atoms with Crippen molar-refractivity contribution in [3.8, 4) is 0 Å². The third-order valence-corrected chi connectivity index (χ3v) is 15.4. The van der Waals surface area contributed by atoms with Crippen LogP contribution in [0.1, 0.15) is 322 Å². The summed E-state index contributed by atoms with van der Waals surface area (Å²) in [6.07, 6.45) is 112. The number of hydrogen-bond donors (Lipinski definition) is 3. The predicted octanol–water partition coefficient (Wildman–Crippen LogP) is 24.3. The van der Waals surface area contributed by atoms with Crippen molar-refractivity contribution < 1.29 is 15.0 Å². The van der Waals surface area contributed by atoms with Crippen LogP contribution in [0.15, 0.2) is 146 Å². The highest BCUT2D eigenvalue weighted by atomic mass is 16.3. The maximum atomic E-state index is 12.5. The van der Waals surface area contributed by atoms with Crippen molar-refractivity contribution in [3.63, 3.8) is 0 Å². The van der Waals surface area contributed by atoms with Gasteiger partial charge in [-0.05, 0) is 103 Å². The van der Waals surface area contributed by atoms with Crippen molar-refractivity contribution in [1.29, 1.82) is 0 Å². The van der Waals surface area contributed by atoms with Crippen LogP contribution in [0.5, 0.6) is 0 Å². The van der Waals surface area contributed by atoms with Crippen LogP contribution in [0.2, 0.25) is 0 Å². The molecule has 0 spiro atoms. The Kier molecular flexibility index (Phi) is 68.3. The first-order chi connectivity index (χ1) is 40.7. The molecule has 4 heteroatoms. The number of hydrogen-bond acceptors (Lipinski definition) is 3. The Morgan fingerprint density at radius 1 is 0.305 bits per heavy atom. The lowest BCUT2D eigenvalue weighted by atomic mass is 10.0. The van der Waals surface area contributed by atoms with Crippen LogP contribution < -0.4 is 5.32 Å². The van der Waals surface area contributed by atoms with Crippen LogP contribution in [-0.2, 0) is 4.79 Å². The third-order valence-electron chi connectivity index (χ3n) is 15.4. The molecule has 0 aromatic rings. The Morgan fingerprint density at radius 3 is 0.780 bits per heavy atom. The predicted molar refractivity (Wildman–Crippen MR) is 368 cm³/mol. The maximum absolute atomic E-state index is 12.5. The first-order valence-electron chi connectivity index (χ1n) is 35.0. The van der Waals surface area contributed by atoms with Gasteiger partial charge in [0, 0.05) is 6.42 Å². The third kappa shape index (κ3) is 67.1. The molecule has 0 bridgehead atoms. The van der Waals surface area contributed by atoms with Gasteiger partial charge in [0.1, 0.15) is 0 Å². The normalized spacial score (nSPS) is 13.7. The van der Waals surface area contributed by atoms with Gasteiger partial charge in [-0.2, -0.15) is 0 Å². The van der Waals surface area contributed by atoms with E-state index in [1.807, 2.05) is 0 Å². The summed E-state index contributed by atoms with van der Waals surface area (Å²) < 4.78 is 0. The van der Waals surface area contributed by atoms with E-state index in [-0.39, 0.29) is 12.5 Å². The Balaban J connectivity index is 3.61. The van der Waals surface area contributed by atoms with Crippen molar-refractivity contribution in [2.24, 2.45) is 0 Å². The Hall–Kier alpha value is -3.73. The number of nitrogens with one attached hydrogen (secondary N) is 1. The Labute approximate surface area is 510 Å². The van der Waals surface area contributed by atoms with Gasteiger partial charge in [-0.1, -0.05) is 359 Å². The fraction of sp³-hybridized carbons (Fsp3) is 0.679. The average molecular weight is 1130 g/mol. The van der Waals surface area contributed by atoms with Gasteiger partial charge in [-0.15, -0.1) is 0 Å². The van der Waals surface area contributed by atoms with E-state index in [1.165, 1.54) is 186 Å². The topological polar surface area (TPSA) is 69.6 Å². The summed E-state index contributed by atoms with van der Waals surface area (Å²) in [6, 6.07) is -0.573. The molecule has 2 unspecified atom stereocenters. The van der Waals surface area contributed by atoms with Crippen LogP contribution in [0, 0.1) is 0 Å². The maximum Gasteiger partial charge on any atom is 0.220 e. The molecule has 82 heavy (non-hydrogen) atoms. The van der Waals surface area contributed by atoms with E-state index in [0.717, 1.165) is 109 Å². The summed E-state index contributed by atoms with van der Waals surface area (Å²) in [6.45, 7) is 4.25. The lowest BCUT2D eigenvalue weighted by molar-refractivity contribution is -0.123. The van der Waals surface area contributed by atoms with Gasteiger partial charge < -0.3 is 15.5 Å². The molecule has 0 aromatic heterocycles. The van der Waals surface area contributed by atoms with E-state index < -0.39 is 12.1 Å². The minimum Gasteiger partial charge on any atom is -0.394 e.